The van der Waals surface area contributed by atoms with Gasteiger partial charge < -0.3 is 10.0 Å². The highest BCUT2D eigenvalue weighted by Crippen LogP contribution is 2.30. The molecule has 0 saturated carbocycles. The zero-order valence-corrected chi connectivity index (χ0v) is 16.9. The summed E-state index contributed by atoms with van der Waals surface area (Å²) in [6.45, 7) is 0. The lowest BCUT2D eigenvalue weighted by Crippen LogP contribution is -2.13. The van der Waals surface area contributed by atoms with Gasteiger partial charge >= 0.3 is 0 Å². The van der Waals surface area contributed by atoms with Crippen LogP contribution in [-0.4, -0.2) is 14.3 Å². The lowest BCUT2D eigenvalue weighted by atomic mass is 10.2. The quantitative estimate of drug-likeness (QED) is 0.522. The van der Waals surface area contributed by atoms with Crippen LogP contribution in [0.4, 0.5) is 11.4 Å². The van der Waals surface area contributed by atoms with Gasteiger partial charge in [-0.3, -0.25) is 4.79 Å². The van der Waals surface area contributed by atoms with Crippen molar-refractivity contribution in [1.29, 1.82) is 0 Å². The third-order valence-corrected chi connectivity index (χ3v) is 5.72. The molecule has 0 fully saturated rings. The number of hydrogen-bond acceptors (Lipinski definition) is 3. The fraction of sp³-hybridized carbons (Fsp3) is 0. The van der Waals surface area contributed by atoms with Crippen LogP contribution >= 0.6 is 27.5 Å². The number of hydrogen-bond donors (Lipinski definition) is 1. The molecule has 3 aromatic carbocycles. The van der Waals surface area contributed by atoms with Crippen LogP contribution in [0.15, 0.2) is 82.2 Å². The Hall–Kier alpha value is -2.35. The molecule has 0 aromatic heterocycles. The van der Waals surface area contributed by atoms with Crippen LogP contribution in [0.25, 0.3) is 4.72 Å². The van der Waals surface area contributed by atoms with E-state index >= 15 is 0 Å². The lowest BCUT2D eigenvalue weighted by molar-refractivity contribution is 0.102. The van der Waals surface area contributed by atoms with Crippen LogP contribution in [0.5, 0.6) is 0 Å². The van der Waals surface area contributed by atoms with Gasteiger partial charge in [0.15, 0.2) is 0 Å². The highest BCUT2D eigenvalue weighted by Gasteiger charge is 2.15. The third-order valence-electron chi connectivity index (χ3n) is 3.56. The smallest absolute Gasteiger partial charge is 0.257 e. The second kappa shape index (κ2) is 8.12. The molecule has 0 aliphatic carbocycles. The summed E-state index contributed by atoms with van der Waals surface area (Å²) in [5, 5.41) is 2.82. The summed E-state index contributed by atoms with van der Waals surface area (Å²) in [5.41, 5.74) is 0.905. The van der Waals surface area contributed by atoms with Gasteiger partial charge in [0.1, 0.15) is 10.0 Å². The number of carbonyl (C=O) groups is 1. The van der Waals surface area contributed by atoms with Crippen LogP contribution in [-0.2, 0) is 10.0 Å². The number of benzene rings is 3. The normalized spacial score (nSPS) is 11.0. The first-order valence-corrected chi connectivity index (χ1v) is 10.4. The number of nitrogens with one attached hydrogen (secondary N) is 1. The van der Waals surface area contributed by atoms with Gasteiger partial charge in [-0.25, -0.2) is 8.42 Å². The minimum absolute atomic E-state index is 0.0487. The highest BCUT2D eigenvalue weighted by atomic mass is 79.9. The summed E-state index contributed by atoms with van der Waals surface area (Å²) < 4.78 is 29.8. The van der Waals surface area contributed by atoms with Crippen molar-refractivity contribution in [2.75, 3.05) is 5.32 Å². The summed E-state index contributed by atoms with van der Waals surface area (Å²) in [7, 11) is -4.00. The van der Waals surface area contributed by atoms with Crippen LogP contribution < -0.4 is 5.32 Å². The van der Waals surface area contributed by atoms with E-state index in [0.717, 1.165) is 4.47 Å². The average molecular weight is 465 g/mol. The van der Waals surface area contributed by atoms with Crippen molar-refractivity contribution in [1.82, 2.24) is 0 Å². The standard InChI is InChI=1S/C19H13BrClN2O3S/c20-13-6-8-15(9-7-13)23-27(25,26)16-10-11-18(21)17(12-16)19(24)22-14-4-2-1-3-5-14/h1-12H,(H,22,24)/q-1. The van der Waals surface area contributed by atoms with Gasteiger partial charge in [0.2, 0.25) is 0 Å². The van der Waals surface area contributed by atoms with Crippen LogP contribution in [0.1, 0.15) is 10.4 Å². The summed E-state index contributed by atoms with van der Waals surface area (Å²) >= 11 is 9.37. The summed E-state index contributed by atoms with van der Waals surface area (Å²) in [5.74, 6) is -0.508. The number of nitrogens with zero attached hydrogens (tertiary/aromatic N) is 1. The average Bonchev–Trinajstić information content (AvgIpc) is 2.64. The van der Waals surface area contributed by atoms with Gasteiger partial charge in [-0.15, -0.1) is 5.69 Å². The van der Waals surface area contributed by atoms with Crippen molar-refractivity contribution in [3.05, 3.63) is 92.6 Å². The van der Waals surface area contributed by atoms with E-state index in [9.17, 15) is 13.2 Å². The van der Waals surface area contributed by atoms with E-state index in [1.807, 2.05) is 6.07 Å². The number of halogens is 2. The van der Waals surface area contributed by atoms with E-state index in [0.29, 0.717) is 5.69 Å². The Bertz CT molecular complexity index is 1070. The molecule has 3 aromatic rings. The molecule has 5 nitrogen and oxygen atoms in total. The van der Waals surface area contributed by atoms with E-state index in [4.69, 9.17) is 11.6 Å². The van der Waals surface area contributed by atoms with E-state index in [-0.39, 0.29) is 21.2 Å². The molecule has 27 heavy (non-hydrogen) atoms. The first kappa shape index (κ1) is 19.4. The number of sulfonamides is 1. The van der Waals surface area contributed by atoms with Crippen LogP contribution in [0.3, 0.4) is 0 Å². The number of carbonyl (C=O) groups excluding carboxylic acids is 1. The number of anilines is 1. The molecule has 0 heterocycles. The molecular formula is C19H13BrClN2O3S-. The van der Waals surface area contributed by atoms with Crippen LogP contribution in [0, 0.1) is 0 Å². The zero-order chi connectivity index (χ0) is 19.4. The Morgan fingerprint density at radius 3 is 2.30 bits per heavy atom. The molecule has 1 amide bonds. The molecule has 8 heteroatoms. The molecule has 0 bridgehead atoms. The van der Waals surface area contributed by atoms with E-state index < -0.39 is 15.9 Å². The minimum atomic E-state index is -4.00. The van der Waals surface area contributed by atoms with Crippen molar-refractivity contribution in [2.45, 2.75) is 4.90 Å². The SMILES string of the molecule is O=C(Nc1ccccc1)c1cc(S(=O)(=O)[N-]c2ccc(Br)cc2)ccc1Cl. The van der Waals surface area contributed by atoms with Gasteiger partial charge in [-0.1, -0.05) is 57.9 Å². The largest absolute Gasteiger partial charge is 0.573 e. The summed E-state index contributed by atoms with van der Waals surface area (Å²) in [4.78, 5) is 12.4. The van der Waals surface area contributed by atoms with Crippen molar-refractivity contribution in [3.63, 3.8) is 0 Å². The Labute approximate surface area is 170 Å². The number of para-hydroxylation sites is 1. The molecule has 0 saturated heterocycles. The van der Waals surface area contributed by atoms with Gasteiger partial charge in [0.25, 0.3) is 5.91 Å². The third kappa shape index (κ3) is 4.88. The number of rotatable bonds is 5. The maximum atomic E-state index is 12.6. The Morgan fingerprint density at radius 2 is 1.63 bits per heavy atom. The van der Waals surface area contributed by atoms with Gasteiger partial charge in [-0.05, 0) is 42.5 Å². The second-order valence-corrected chi connectivity index (χ2v) is 8.43. The van der Waals surface area contributed by atoms with E-state index in [1.165, 1.54) is 18.2 Å². The lowest BCUT2D eigenvalue weighted by Gasteiger charge is -2.22. The molecule has 0 unspecified atom stereocenters. The van der Waals surface area contributed by atoms with Gasteiger partial charge in [0.05, 0.1) is 15.5 Å². The molecule has 0 radical (unpaired) electrons. The van der Waals surface area contributed by atoms with E-state index in [1.54, 1.807) is 48.5 Å². The van der Waals surface area contributed by atoms with Crippen molar-refractivity contribution >= 4 is 54.8 Å². The monoisotopic (exact) mass is 463 g/mol. The minimum Gasteiger partial charge on any atom is -0.573 e. The Kier molecular flexibility index (Phi) is 5.84. The maximum Gasteiger partial charge on any atom is 0.257 e. The summed E-state index contributed by atoms with van der Waals surface area (Å²) in [6.07, 6.45) is 0. The first-order valence-electron chi connectivity index (χ1n) is 7.75. The predicted molar refractivity (Wildman–Crippen MR) is 110 cm³/mol. The first-order chi connectivity index (χ1) is 12.8. The topological polar surface area (TPSA) is 77.3 Å². The fourth-order valence-corrected chi connectivity index (χ4v) is 3.73. The molecule has 0 spiro atoms. The molecular weight excluding hydrogens is 452 g/mol. The number of amides is 1. The van der Waals surface area contributed by atoms with Crippen molar-refractivity contribution in [2.24, 2.45) is 0 Å². The molecule has 1 N–H and O–H groups in total. The van der Waals surface area contributed by atoms with Crippen LogP contribution in [0.2, 0.25) is 5.02 Å². The molecule has 0 aliphatic rings. The zero-order valence-electron chi connectivity index (χ0n) is 13.8. The Morgan fingerprint density at radius 1 is 0.963 bits per heavy atom. The molecule has 3 rings (SSSR count). The van der Waals surface area contributed by atoms with Crippen molar-refractivity contribution < 1.29 is 13.2 Å². The molecule has 0 atom stereocenters. The maximum absolute atomic E-state index is 12.6. The van der Waals surface area contributed by atoms with E-state index in [2.05, 4.69) is 26.0 Å². The predicted octanol–water partition coefficient (Wildman–Crippen LogP) is 5.75. The van der Waals surface area contributed by atoms with Gasteiger partial charge in [0, 0.05) is 10.2 Å². The Balaban J connectivity index is 1.87. The van der Waals surface area contributed by atoms with Gasteiger partial charge in [-0.2, -0.15) is 0 Å². The fourth-order valence-electron chi connectivity index (χ4n) is 2.25. The summed E-state index contributed by atoms with van der Waals surface area (Å²) in [6, 6.07) is 19.2. The molecule has 138 valence electrons. The van der Waals surface area contributed by atoms with Crippen molar-refractivity contribution in [3.8, 4) is 0 Å². The highest BCUT2D eigenvalue weighted by molar-refractivity contribution is 9.10. The second-order valence-electron chi connectivity index (χ2n) is 5.50. The molecule has 0 aliphatic heterocycles.